The number of ether oxygens (including phenoxy) is 1. The molecule has 0 saturated heterocycles. The molecule has 0 spiro atoms. The summed E-state index contributed by atoms with van der Waals surface area (Å²) in [5.41, 5.74) is 5.00. The Morgan fingerprint density at radius 3 is 2.67 bits per heavy atom. The predicted octanol–water partition coefficient (Wildman–Crippen LogP) is 4.55. The van der Waals surface area contributed by atoms with Crippen molar-refractivity contribution in [2.75, 3.05) is 13.1 Å². The van der Waals surface area contributed by atoms with Gasteiger partial charge in [0.2, 0.25) is 5.91 Å². The third-order valence-corrected chi connectivity index (χ3v) is 6.22. The summed E-state index contributed by atoms with van der Waals surface area (Å²) in [4.78, 5) is 32.9. The molecule has 36 heavy (non-hydrogen) atoms. The third-order valence-electron chi connectivity index (χ3n) is 6.22. The highest BCUT2D eigenvalue weighted by Gasteiger charge is 2.25. The number of aromatic amines is 1. The van der Waals surface area contributed by atoms with Gasteiger partial charge in [0.15, 0.2) is 0 Å². The Kier molecular flexibility index (Phi) is 8.21. The second-order valence-electron chi connectivity index (χ2n) is 10.4. The molecule has 1 atom stereocenters. The number of nitrogens with zero attached hydrogens (tertiary/aromatic N) is 1. The topological polar surface area (TPSA) is 96.1 Å². The quantitative estimate of drug-likeness (QED) is 0.233. The van der Waals surface area contributed by atoms with Gasteiger partial charge in [0, 0.05) is 19.5 Å². The first-order chi connectivity index (χ1) is 17.3. The third kappa shape index (κ3) is 7.28. The maximum Gasteiger partial charge on any atom is 0.306 e. The van der Waals surface area contributed by atoms with Crippen LogP contribution in [-0.2, 0) is 27.3 Å². The van der Waals surface area contributed by atoms with Crippen molar-refractivity contribution in [2.45, 2.75) is 64.5 Å². The number of nitrogens with one attached hydrogen (secondary N) is 3. The second-order valence-corrected chi connectivity index (χ2v) is 10.4. The number of amides is 1. The first-order valence-corrected chi connectivity index (χ1v) is 12.7. The van der Waals surface area contributed by atoms with Crippen LogP contribution in [0.4, 0.5) is 0 Å². The summed E-state index contributed by atoms with van der Waals surface area (Å²) >= 11 is 0. The maximum atomic E-state index is 12.6. The highest BCUT2D eigenvalue weighted by atomic mass is 16.6. The summed E-state index contributed by atoms with van der Waals surface area (Å²) in [5.74, 6) is 0.699. The van der Waals surface area contributed by atoms with Crippen LogP contribution in [0.1, 0.15) is 62.9 Å². The summed E-state index contributed by atoms with van der Waals surface area (Å²) in [6, 6.07) is 16.2. The summed E-state index contributed by atoms with van der Waals surface area (Å²) in [6.07, 6.45) is 4.42. The van der Waals surface area contributed by atoms with Crippen LogP contribution in [0.15, 0.2) is 60.2 Å². The molecule has 3 N–H and O–H groups in total. The normalized spacial score (nSPS) is 15.6. The molecule has 1 aromatic heterocycles. The van der Waals surface area contributed by atoms with Gasteiger partial charge in [-0.25, -0.2) is 4.98 Å². The highest BCUT2D eigenvalue weighted by molar-refractivity contribution is 5.76. The Morgan fingerprint density at radius 2 is 1.86 bits per heavy atom. The number of allylic oxidation sites excluding steroid dienone is 1. The number of carbonyl (C=O) groups excluding carboxylic acids is 2. The molecule has 1 aliphatic rings. The Labute approximate surface area is 212 Å². The Bertz CT molecular complexity index is 1210. The minimum Gasteiger partial charge on any atom is -0.460 e. The van der Waals surface area contributed by atoms with Crippen LogP contribution < -0.4 is 10.6 Å². The highest BCUT2D eigenvalue weighted by Crippen LogP contribution is 2.33. The van der Waals surface area contributed by atoms with E-state index in [1.54, 1.807) is 0 Å². The van der Waals surface area contributed by atoms with Gasteiger partial charge in [0.25, 0.3) is 0 Å². The molecule has 1 unspecified atom stereocenters. The van der Waals surface area contributed by atoms with Crippen LogP contribution in [0.5, 0.6) is 0 Å². The van der Waals surface area contributed by atoms with Gasteiger partial charge in [-0.1, -0.05) is 48.0 Å². The second kappa shape index (κ2) is 11.5. The summed E-state index contributed by atoms with van der Waals surface area (Å²) in [7, 11) is 0. The van der Waals surface area contributed by atoms with E-state index in [2.05, 4.69) is 38.8 Å². The Morgan fingerprint density at radius 1 is 1.08 bits per heavy atom. The summed E-state index contributed by atoms with van der Waals surface area (Å²) in [6.45, 7) is 7.29. The standard InChI is InChI=1S/C29H36N4O3/c1-29(2,3)36-28(35)17-22-16-20(12-13-21-8-4-5-9-23(21)22)18-31-27(34)14-15-30-19-26-32-24-10-6-7-11-25(24)33-26/h4-12,22,30H,13-19H2,1-3H3,(H,31,34)(H,32,33). The van der Waals surface area contributed by atoms with Crippen molar-refractivity contribution in [1.82, 2.24) is 20.6 Å². The van der Waals surface area contributed by atoms with Crippen LogP contribution in [0.3, 0.4) is 0 Å². The van der Waals surface area contributed by atoms with Crippen molar-refractivity contribution in [3.63, 3.8) is 0 Å². The van der Waals surface area contributed by atoms with Gasteiger partial charge < -0.3 is 20.4 Å². The van der Waals surface area contributed by atoms with E-state index < -0.39 is 5.60 Å². The zero-order valence-corrected chi connectivity index (χ0v) is 21.4. The number of aromatic nitrogens is 2. The van der Waals surface area contributed by atoms with Crippen molar-refractivity contribution in [3.05, 3.63) is 77.1 Å². The van der Waals surface area contributed by atoms with Crippen molar-refractivity contribution in [3.8, 4) is 0 Å². The lowest BCUT2D eigenvalue weighted by Crippen LogP contribution is -2.29. The van der Waals surface area contributed by atoms with E-state index in [1.165, 1.54) is 11.1 Å². The van der Waals surface area contributed by atoms with Crippen LogP contribution in [-0.4, -0.2) is 40.5 Å². The molecule has 1 amide bonds. The number of rotatable bonds is 9. The monoisotopic (exact) mass is 488 g/mol. The number of benzene rings is 2. The largest absolute Gasteiger partial charge is 0.460 e. The molecule has 0 radical (unpaired) electrons. The van der Waals surface area contributed by atoms with Gasteiger partial charge in [-0.2, -0.15) is 0 Å². The predicted molar refractivity (Wildman–Crippen MR) is 141 cm³/mol. The molecule has 2 aromatic carbocycles. The fourth-order valence-electron chi connectivity index (χ4n) is 4.59. The molecule has 0 fully saturated rings. The van der Waals surface area contributed by atoms with Crippen LogP contribution in [0.2, 0.25) is 0 Å². The Hall–Kier alpha value is -3.45. The molecule has 0 bridgehead atoms. The van der Waals surface area contributed by atoms with Crippen LogP contribution >= 0.6 is 0 Å². The minimum absolute atomic E-state index is 0.00143. The molecule has 7 nitrogen and oxygen atoms in total. The van der Waals surface area contributed by atoms with E-state index in [9.17, 15) is 9.59 Å². The zero-order chi connectivity index (χ0) is 25.5. The van der Waals surface area contributed by atoms with E-state index in [1.807, 2.05) is 57.2 Å². The number of imidazole rings is 1. The van der Waals surface area contributed by atoms with E-state index in [0.29, 0.717) is 32.5 Å². The molecule has 1 heterocycles. The van der Waals surface area contributed by atoms with Gasteiger partial charge in [-0.15, -0.1) is 0 Å². The molecular weight excluding hydrogens is 452 g/mol. The van der Waals surface area contributed by atoms with Gasteiger partial charge in [-0.3, -0.25) is 9.59 Å². The fourth-order valence-corrected chi connectivity index (χ4v) is 4.59. The number of hydrogen-bond donors (Lipinski definition) is 3. The van der Waals surface area contributed by atoms with E-state index in [-0.39, 0.29) is 17.8 Å². The molecular formula is C29H36N4O3. The zero-order valence-electron chi connectivity index (χ0n) is 21.4. The SMILES string of the molecule is CC(C)(C)OC(=O)CC1CC(CNC(=O)CCNCc2nc3ccccc3[nH]2)=CCc2ccccc21. The number of carbonyl (C=O) groups is 2. The number of fused-ring (bicyclic) bond motifs is 2. The summed E-state index contributed by atoms with van der Waals surface area (Å²) < 4.78 is 5.59. The Balaban J connectivity index is 1.26. The average Bonchev–Trinajstić information content (AvgIpc) is 3.16. The smallest absolute Gasteiger partial charge is 0.306 e. The van der Waals surface area contributed by atoms with Gasteiger partial charge >= 0.3 is 5.97 Å². The minimum atomic E-state index is -0.508. The van der Waals surface area contributed by atoms with Gasteiger partial charge in [0.1, 0.15) is 11.4 Å². The van der Waals surface area contributed by atoms with E-state index >= 15 is 0 Å². The van der Waals surface area contributed by atoms with E-state index in [4.69, 9.17) is 4.74 Å². The maximum absolute atomic E-state index is 12.6. The van der Waals surface area contributed by atoms with Crippen molar-refractivity contribution < 1.29 is 14.3 Å². The van der Waals surface area contributed by atoms with Gasteiger partial charge in [-0.05, 0) is 62.8 Å². The lowest BCUT2D eigenvalue weighted by atomic mass is 9.88. The number of hydrogen-bond acceptors (Lipinski definition) is 5. The molecule has 1 aliphatic carbocycles. The molecule has 4 rings (SSSR count). The first-order valence-electron chi connectivity index (χ1n) is 12.7. The molecule has 0 saturated carbocycles. The van der Waals surface area contributed by atoms with Crippen LogP contribution in [0, 0.1) is 0 Å². The molecule has 7 heteroatoms. The fraction of sp³-hybridized carbons (Fsp3) is 0.414. The van der Waals surface area contributed by atoms with Crippen LogP contribution in [0.25, 0.3) is 11.0 Å². The summed E-state index contributed by atoms with van der Waals surface area (Å²) in [5, 5.41) is 6.33. The lowest BCUT2D eigenvalue weighted by Gasteiger charge is -2.23. The number of para-hydroxylation sites is 2. The van der Waals surface area contributed by atoms with Crippen molar-refractivity contribution in [1.29, 1.82) is 0 Å². The molecule has 3 aromatic rings. The first kappa shape index (κ1) is 25.6. The van der Waals surface area contributed by atoms with Crippen molar-refractivity contribution >= 4 is 22.9 Å². The number of H-pyrrole nitrogens is 1. The average molecular weight is 489 g/mol. The molecule has 0 aliphatic heterocycles. The molecule has 190 valence electrons. The number of esters is 1. The van der Waals surface area contributed by atoms with E-state index in [0.717, 1.165) is 35.3 Å². The lowest BCUT2D eigenvalue weighted by molar-refractivity contribution is -0.155. The van der Waals surface area contributed by atoms with Crippen molar-refractivity contribution in [2.24, 2.45) is 0 Å². The van der Waals surface area contributed by atoms with Gasteiger partial charge in [0.05, 0.1) is 24.0 Å².